The lowest BCUT2D eigenvalue weighted by Gasteiger charge is -2.09. The summed E-state index contributed by atoms with van der Waals surface area (Å²) in [7, 11) is 0. The molecular weight excluding hydrogens is 356 g/mol. The fourth-order valence-corrected chi connectivity index (χ4v) is 4.18. The van der Waals surface area contributed by atoms with E-state index in [1.165, 1.54) is 11.3 Å². The van der Waals surface area contributed by atoms with Gasteiger partial charge >= 0.3 is 0 Å². The van der Waals surface area contributed by atoms with E-state index in [4.69, 9.17) is 5.73 Å². The van der Waals surface area contributed by atoms with Crippen LogP contribution in [0.15, 0.2) is 42.5 Å². The van der Waals surface area contributed by atoms with Crippen molar-refractivity contribution in [2.45, 2.75) is 20.8 Å². The third-order valence-corrected chi connectivity index (χ3v) is 5.68. The van der Waals surface area contributed by atoms with Crippen LogP contribution in [0, 0.1) is 20.8 Å². The number of anilines is 3. The number of aromatic amines is 1. The van der Waals surface area contributed by atoms with Gasteiger partial charge in [0, 0.05) is 22.3 Å². The number of ketones is 1. The average molecular weight is 376 g/mol. The van der Waals surface area contributed by atoms with Crippen LogP contribution in [-0.2, 0) is 0 Å². The monoisotopic (exact) mass is 376 g/mol. The number of carbonyl (C=O) groups excluding carboxylic acids is 1. The zero-order chi connectivity index (χ0) is 19.1. The Morgan fingerprint density at radius 3 is 2.52 bits per heavy atom. The van der Waals surface area contributed by atoms with E-state index >= 15 is 0 Å². The summed E-state index contributed by atoms with van der Waals surface area (Å²) in [5.41, 5.74) is 11.7. The summed E-state index contributed by atoms with van der Waals surface area (Å²) in [4.78, 5) is 21.3. The van der Waals surface area contributed by atoms with E-state index in [2.05, 4.69) is 15.3 Å². The molecule has 0 spiro atoms. The summed E-state index contributed by atoms with van der Waals surface area (Å²) < 4.78 is 0. The number of rotatable bonds is 4. The first-order valence-electron chi connectivity index (χ1n) is 8.67. The van der Waals surface area contributed by atoms with Crippen LogP contribution in [0.3, 0.4) is 0 Å². The highest BCUT2D eigenvalue weighted by Crippen LogP contribution is 2.34. The molecule has 0 saturated carbocycles. The zero-order valence-electron chi connectivity index (χ0n) is 15.4. The highest BCUT2D eigenvalue weighted by Gasteiger charge is 2.23. The fourth-order valence-electron chi connectivity index (χ4n) is 3.35. The van der Waals surface area contributed by atoms with E-state index in [-0.39, 0.29) is 11.6 Å². The number of hydrogen-bond acceptors (Lipinski definition) is 5. The van der Waals surface area contributed by atoms with Gasteiger partial charge in [0.1, 0.15) is 10.7 Å². The van der Waals surface area contributed by atoms with Crippen LogP contribution in [0.4, 0.5) is 16.6 Å². The molecule has 0 unspecified atom stereocenters. The SMILES string of the molecule is Cc1cccc(C)c1Nc1nc(N)c(C(=O)c2c(C)[nH]c3ccccc23)s1. The van der Waals surface area contributed by atoms with Gasteiger partial charge in [0.2, 0.25) is 5.78 Å². The molecule has 0 aliphatic carbocycles. The van der Waals surface area contributed by atoms with Gasteiger partial charge in [-0.1, -0.05) is 47.7 Å². The Morgan fingerprint density at radius 1 is 1.07 bits per heavy atom. The average Bonchev–Trinajstić information content (AvgIpc) is 3.16. The number of benzene rings is 2. The first kappa shape index (κ1) is 17.3. The maximum atomic E-state index is 13.2. The number of nitrogens with two attached hydrogens (primary N) is 1. The molecule has 0 bridgehead atoms. The van der Waals surface area contributed by atoms with Crippen LogP contribution in [0.1, 0.15) is 32.1 Å². The van der Waals surface area contributed by atoms with Crippen LogP contribution in [0.5, 0.6) is 0 Å². The lowest BCUT2D eigenvalue weighted by atomic mass is 10.1. The van der Waals surface area contributed by atoms with Gasteiger partial charge in [-0.3, -0.25) is 4.79 Å². The highest BCUT2D eigenvalue weighted by molar-refractivity contribution is 7.18. The molecule has 0 fully saturated rings. The molecule has 0 atom stereocenters. The van der Waals surface area contributed by atoms with Gasteiger partial charge in [0.05, 0.1) is 5.56 Å². The second-order valence-corrected chi connectivity index (χ2v) is 7.62. The van der Waals surface area contributed by atoms with Gasteiger partial charge in [0.15, 0.2) is 5.13 Å². The highest BCUT2D eigenvalue weighted by atomic mass is 32.1. The van der Waals surface area contributed by atoms with Crippen molar-refractivity contribution in [2.24, 2.45) is 0 Å². The van der Waals surface area contributed by atoms with E-state index in [0.717, 1.165) is 33.4 Å². The van der Waals surface area contributed by atoms with Crippen LogP contribution in [-0.4, -0.2) is 15.8 Å². The van der Waals surface area contributed by atoms with Crippen molar-refractivity contribution in [2.75, 3.05) is 11.1 Å². The molecule has 0 saturated heterocycles. The fraction of sp³-hybridized carbons (Fsp3) is 0.143. The Morgan fingerprint density at radius 2 is 1.78 bits per heavy atom. The lowest BCUT2D eigenvalue weighted by molar-refractivity contribution is 0.104. The second kappa shape index (κ2) is 6.55. The molecule has 0 aliphatic rings. The molecule has 0 aliphatic heterocycles. The van der Waals surface area contributed by atoms with Crippen molar-refractivity contribution in [1.82, 2.24) is 9.97 Å². The Labute approximate surface area is 161 Å². The molecule has 0 radical (unpaired) electrons. The van der Waals surface area contributed by atoms with Gasteiger partial charge in [-0.05, 0) is 38.0 Å². The van der Waals surface area contributed by atoms with Crippen LogP contribution >= 0.6 is 11.3 Å². The number of fused-ring (bicyclic) bond motifs is 1. The van der Waals surface area contributed by atoms with E-state index in [0.29, 0.717) is 15.6 Å². The van der Waals surface area contributed by atoms with Crippen LogP contribution in [0.25, 0.3) is 10.9 Å². The van der Waals surface area contributed by atoms with Crippen molar-refractivity contribution < 1.29 is 4.79 Å². The molecule has 2 aromatic carbocycles. The Balaban J connectivity index is 1.73. The molecule has 6 heteroatoms. The number of nitrogen functional groups attached to an aromatic ring is 1. The number of thiazole rings is 1. The summed E-state index contributed by atoms with van der Waals surface area (Å²) >= 11 is 1.28. The predicted octanol–water partition coefficient (Wildman–Crippen LogP) is 5.11. The summed E-state index contributed by atoms with van der Waals surface area (Å²) in [6, 6.07) is 13.9. The minimum Gasteiger partial charge on any atom is -0.382 e. The molecule has 27 heavy (non-hydrogen) atoms. The number of hydrogen-bond donors (Lipinski definition) is 3. The number of H-pyrrole nitrogens is 1. The zero-order valence-corrected chi connectivity index (χ0v) is 16.2. The number of carbonyl (C=O) groups is 1. The molecule has 136 valence electrons. The maximum absolute atomic E-state index is 13.2. The minimum atomic E-state index is -0.102. The standard InChI is InChI=1S/C21H20N4OS/c1-11-7-6-8-12(2)17(11)24-21-25-20(22)19(27-21)18(26)16-13(3)23-15-10-5-4-9-14(15)16/h4-10,23H,22H2,1-3H3,(H,24,25). The number of nitrogens with zero attached hydrogens (tertiary/aromatic N) is 1. The Kier molecular flexibility index (Phi) is 4.20. The molecule has 4 aromatic rings. The summed E-state index contributed by atoms with van der Waals surface area (Å²) in [5, 5.41) is 4.84. The Hall–Kier alpha value is -3.12. The van der Waals surface area contributed by atoms with Crippen LogP contribution < -0.4 is 11.1 Å². The smallest absolute Gasteiger partial charge is 0.209 e. The quantitative estimate of drug-likeness (QED) is 0.432. The molecule has 0 amide bonds. The first-order valence-corrected chi connectivity index (χ1v) is 9.49. The molecule has 2 aromatic heterocycles. The molecule has 5 nitrogen and oxygen atoms in total. The summed E-state index contributed by atoms with van der Waals surface area (Å²) in [6.45, 7) is 5.97. The van der Waals surface area contributed by atoms with Crippen molar-refractivity contribution in [3.63, 3.8) is 0 Å². The van der Waals surface area contributed by atoms with Crippen molar-refractivity contribution in [3.05, 3.63) is 69.7 Å². The number of para-hydroxylation sites is 2. The van der Waals surface area contributed by atoms with E-state index in [9.17, 15) is 4.79 Å². The topological polar surface area (TPSA) is 83.8 Å². The normalized spacial score (nSPS) is 11.1. The van der Waals surface area contributed by atoms with Gasteiger partial charge in [-0.2, -0.15) is 0 Å². The van der Waals surface area contributed by atoms with Gasteiger partial charge < -0.3 is 16.0 Å². The second-order valence-electron chi connectivity index (χ2n) is 6.62. The van der Waals surface area contributed by atoms with E-state index < -0.39 is 0 Å². The molecule has 4 N–H and O–H groups in total. The van der Waals surface area contributed by atoms with Gasteiger partial charge in [-0.15, -0.1) is 0 Å². The third-order valence-electron chi connectivity index (χ3n) is 4.69. The van der Waals surface area contributed by atoms with Gasteiger partial charge in [-0.25, -0.2) is 4.98 Å². The lowest BCUT2D eigenvalue weighted by Crippen LogP contribution is -2.03. The van der Waals surface area contributed by atoms with Gasteiger partial charge in [0.25, 0.3) is 0 Å². The number of aryl methyl sites for hydroxylation is 3. The molecular formula is C21H20N4OS. The van der Waals surface area contributed by atoms with Crippen molar-refractivity contribution >= 4 is 44.7 Å². The van der Waals surface area contributed by atoms with Crippen molar-refractivity contribution in [3.8, 4) is 0 Å². The molecule has 4 rings (SSSR count). The molecule has 2 heterocycles. The van der Waals surface area contributed by atoms with E-state index in [1.807, 2.05) is 63.2 Å². The summed E-state index contributed by atoms with van der Waals surface area (Å²) in [6.07, 6.45) is 0. The maximum Gasteiger partial charge on any atom is 0.209 e. The third kappa shape index (κ3) is 2.98. The number of aromatic nitrogens is 2. The minimum absolute atomic E-state index is 0.102. The number of nitrogens with one attached hydrogen (secondary N) is 2. The predicted molar refractivity (Wildman–Crippen MR) is 112 cm³/mol. The van der Waals surface area contributed by atoms with E-state index in [1.54, 1.807) is 0 Å². The first-order chi connectivity index (χ1) is 13.0. The Bertz CT molecular complexity index is 1150. The van der Waals surface area contributed by atoms with Crippen molar-refractivity contribution in [1.29, 1.82) is 0 Å². The van der Waals surface area contributed by atoms with Crippen LogP contribution in [0.2, 0.25) is 0 Å². The largest absolute Gasteiger partial charge is 0.382 e. The summed E-state index contributed by atoms with van der Waals surface area (Å²) in [5.74, 6) is 0.151.